The summed E-state index contributed by atoms with van der Waals surface area (Å²) in [5.74, 6) is -0.349. The van der Waals surface area contributed by atoms with Gasteiger partial charge < -0.3 is 11.5 Å². The Labute approximate surface area is 116 Å². The molecule has 4 N–H and O–H groups in total. The van der Waals surface area contributed by atoms with Crippen LogP contribution < -0.4 is 11.5 Å². The monoisotopic (exact) mass is 311 g/mol. The van der Waals surface area contributed by atoms with Gasteiger partial charge in [-0.05, 0) is 6.07 Å². The van der Waals surface area contributed by atoms with Gasteiger partial charge in [0.1, 0.15) is 5.56 Å². The van der Waals surface area contributed by atoms with Crippen LogP contribution in [0.2, 0.25) is 0 Å². The molecule has 1 aromatic carbocycles. The average molecular weight is 312 g/mol. The Morgan fingerprint density at radius 2 is 1.95 bits per heavy atom. The lowest BCUT2D eigenvalue weighted by Gasteiger charge is -2.07. The van der Waals surface area contributed by atoms with E-state index in [0.29, 0.717) is 6.07 Å². The minimum Gasteiger partial charge on any atom is -0.369 e. The van der Waals surface area contributed by atoms with E-state index in [1.54, 1.807) is 0 Å². The summed E-state index contributed by atoms with van der Waals surface area (Å²) in [6.45, 7) is 0. The van der Waals surface area contributed by atoms with Gasteiger partial charge in [-0.2, -0.15) is 18.3 Å². The van der Waals surface area contributed by atoms with Crippen molar-refractivity contribution in [1.29, 1.82) is 0 Å². The van der Waals surface area contributed by atoms with Crippen molar-refractivity contribution >= 4 is 30.3 Å². The van der Waals surface area contributed by atoms with Crippen LogP contribution in [0, 0.1) is 10.1 Å². The molecule has 0 bridgehead atoms. The molecule has 1 aromatic rings. The molecule has 0 aromatic heterocycles. The molecule has 110 valence electrons. The Balaban J connectivity index is 0.00000361. The highest BCUT2D eigenvalue weighted by molar-refractivity contribution is 5.85. The maximum atomic E-state index is 12.5. The Hall–Kier alpha value is -2.36. The summed E-state index contributed by atoms with van der Waals surface area (Å²) in [4.78, 5) is 9.47. The number of rotatable bonds is 3. The van der Waals surface area contributed by atoms with Crippen LogP contribution >= 0.6 is 12.4 Å². The van der Waals surface area contributed by atoms with Gasteiger partial charge in [0.05, 0.1) is 11.1 Å². The van der Waals surface area contributed by atoms with Crippen molar-refractivity contribution in [2.75, 3.05) is 0 Å². The molecule has 0 saturated heterocycles. The van der Waals surface area contributed by atoms with Crippen LogP contribution in [0.5, 0.6) is 0 Å². The van der Waals surface area contributed by atoms with Crippen molar-refractivity contribution in [1.82, 2.24) is 0 Å². The van der Waals surface area contributed by atoms with Crippen molar-refractivity contribution in [2.24, 2.45) is 21.7 Å². The second kappa shape index (κ2) is 6.70. The van der Waals surface area contributed by atoms with Gasteiger partial charge in [-0.25, -0.2) is 0 Å². The number of hydrogen-bond acceptors (Lipinski definition) is 4. The molecule has 11 heteroatoms. The lowest BCUT2D eigenvalue weighted by atomic mass is 10.1. The van der Waals surface area contributed by atoms with Crippen LogP contribution in [0.4, 0.5) is 18.9 Å². The second-order valence-electron chi connectivity index (χ2n) is 3.30. The molecule has 0 unspecified atom stereocenters. The summed E-state index contributed by atoms with van der Waals surface area (Å²) in [6.07, 6.45) is -3.81. The topological polar surface area (TPSA) is 120 Å². The van der Waals surface area contributed by atoms with E-state index in [-0.39, 0.29) is 23.9 Å². The number of guanidine groups is 1. The summed E-state index contributed by atoms with van der Waals surface area (Å²) in [5, 5.41) is 17.2. The Morgan fingerprint density at radius 3 is 2.40 bits per heavy atom. The Bertz CT molecular complexity index is 555. The molecule has 0 aliphatic heterocycles. The lowest BCUT2D eigenvalue weighted by molar-refractivity contribution is -0.388. The van der Waals surface area contributed by atoms with E-state index in [1.165, 1.54) is 0 Å². The van der Waals surface area contributed by atoms with Crippen LogP contribution in [0.15, 0.2) is 28.4 Å². The lowest BCUT2D eigenvalue weighted by Crippen LogP contribution is -2.21. The summed E-state index contributed by atoms with van der Waals surface area (Å²) in [7, 11) is 0. The molecule has 0 radical (unpaired) electrons. The van der Waals surface area contributed by atoms with E-state index in [9.17, 15) is 23.3 Å². The van der Waals surface area contributed by atoms with Gasteiger partial charge in [0.15, 0.2) is 0 Å². The van der Waals surface area contributed by atoms with Gasteiger partial charge in [0.2, 0.25) is 5.96 Å². The first-order valence-corrected chi connectivity index (χ1v) is 4.69. The number of nitro benzene ring substituents is 1. The minimum absolute atomic E-state index is 0. The molecule has 0 atom stereocenters. The highest BCUT2D eigenvalue weighted by Gasteiger charge is 2.38. The standard InChI is InChI=1S/C9H8F3N5O2.ClH/c10-9(11,12)6-2-1-5(3-7(6)17(18)19)4-15-16-8(13)14;/h1-4H,(H4,13,14,16);1H/b15-4+;. The Morgan fingerprint density at radius 1 is 1.35 bits per heavy atom. The van der Waals surface area contributed by atoms with Gasteiger partial charge in [-0.1, -0.05) is 6.07 Å². The van der Waals surface area contributed by atoms with Crippen molar-refractivity contribution < 1.29 is 18.1 Å². The smallest absolute Gasteiger partial charge is 0.369 e. The van der Waals surface area contributed by atoms with E-state index < -0.39 is 22.4 Å². The molecule has 0 saturated carbocycles. The van der Waals surface area contributed by atoms with Crippen LogP contribution in [0.1, 0.15) is 11.1 Å². The number of nitrogens with zero attached hydrogens (tertiary/aromatic N) is 3. The summed E-state index contributed by atoms with van der Waals surface area (Å²) >= 11 is 0. The average Bonchev–Trinajstić information content (AvgIpc) is 2.26. The summed E-state index contributed by atoms with van der Waals surface area (Å²) < 4.78 is 37.5. The second-order valence-corrected chi connectivity index (χ2v) is 3.30. The van der Waals surface area contributed by atoms with Crippen molar-refractivity contribution in [3.63, 3.8) is 0 Å². The molecule has 7 nitrogen and oxygen atoms in total. The molecule has 1 rings (SSSR count). The highest BCUT2D eigenvalue weighted by atomic mass is 35.5. The molecule has 0 spiro atoms. The number of benzene rings is 1. The van der Waals surface area contributed by atoms with Crippen molar-refractivity contribution in [2.45, 2.75) is 6.18 Å². The Kier molecular flexibility index (Phi) is 5.91. The molecular formula is C9H9ClF3N5O2. The molecule has 0 heterocycles. The molecular weight excluding hydrogens is 303 g/mol. The number of nitrogens with two attached hydrogens (primary N) is 2. The van der Waals surface area contributed by atoms with Crippen LogP contribution in [0.25, 0.3) is 0 Å². The molecule has 20 heavy (non-hydrogen) atoms. The molecule has 0 amide bonds. The van der Waals surface area contributed by atoms with E-state index in [0.717, 1.165) is 18.3 Å². The number of halogens is 4. The molecule has 0 fully saturated rings. The molecule has 0 aliphatic carbocycles. The summed E-state index contributed by atoms with van der Waals surface area (Å²) in [5.41, 5.74) is 7.60. The third-order valence-electron chi connectivity index (χ3n) is 1.90. The van der Waals surface area contributed by atoms with Gasteiger partial charge in [0, 0.05) is 11.6 Å². The first-order valence-electron chi connectivity index (χ1n) is 4.69. The fourth-order valence-electron chi connectivity index (χ4n) is 1.18. The summed E-state index contributed by atoms with van der Waals surface area (Å²) in [6, 6.07) is 2.34. The predicted molar refractivity (Wildman–Crippen MR) is 68.8 cm³/mol. The van der Waals surface area contributed by atoms with E-state index in [4.69, 9.17) is 11.5 Å². The third kappa shape index (κ3) is 4.72. The number of nitro groups is 1. The van der Waals surface area contributed by atoms with Gasteiger partial charge >= 0.3 is 6.18 Å². The number of alkyl halides is 3. The zero-order valence-electron chi connectivity index (χ0n) is 9.66. The fraction of sp³-hybridized carbons (Fsp3) is 0.111. The van der Waals surface area contributed by atoms with Crippen LogP contribution in [0.3, 0.4) is 0 Å². The fourth-order valence-corrected chi connectivity index (χ4v) is 1.18. The van der Waals surface area contributed by atoms with Gasteiger partial charge in [-0.3, -0.25) is 10.1 Å². The zero-order valence-corrected chi connectivity index (χ0v) is 10.5. The minimum atomic E-state index is -4.81. The van der Waals surface area contributed by atoms with E-state index in [2.05, 4.69) is 10.2 Å². The largest absolute Gasteiger partial charge is 0.422 e. The van der Waals surface area contributed by atoms with Gasteiger partial charge in [-0.15, -0.1) is 17.5 Å². The quantitative estimate of drug-likeness (QED) is 0.381. The van der Waals surface area contributed by atoms with Crippen molar-refractivity contribution in [3.05, 3.63) is 39.4 Å². The normalized spacial score (nSPS) is 10.9. The predicted octanol–water partition coefficient (Wildman–Crippen LogP) is 1.64. The first kappa shape index (κ1) is 17.6. The first-order chi connectivity index (χ1) is 8.71. The molecule has 0 aliphatic rings. The van der Waals surface area contributed by atoms with E-state index in [1.807, 2.05) is 0 Å². The van der Waals surface area contributed by atoms with Gasteiger partial charge in [0.25, 0.3) is 5.69 Å². The number of hydrogen-bond donors (Lipinski definition) is 2. The van der Waals surface area contributed by atoms with E-state index >= 15 is 0 Å². The van der Waals surface area contributed by atoms with Crippen molar-refractivity contribution in [3.8, 4) is 0 Å². The third-order valence-corrected chi connectivity index (χ3v) is 1.90. The highest BCUT2D eigenvalue weighted by Crippen LogP contribution is 2.36. The zero-order chi connectivity index (χ0) is 14.6. The van der Waals surface area contributed by atoms with Crippen LogP contribution in [-0.4, -0.2) is 17.1 Å². The maximum absolute atomic E-state index is 12.5. The maximum Gasteiger partial charge on any atom is 0.422 e. The SMILES string of the molecule is Cl.NC(N)=N/N=C/c1ccc(C(F)(F)F)c([N+](=O)[O-])c1. The van der Waals surface area contributed by atoms with Crippen LogP contribution in [-0.2, 0) is 6.18 Å².